The zero-order chi connectivity index (χ0) is 12.4. The highest BCUT2D eigenvalue weighted by Gasteiger charge is 2.30. The average molecular weight is 272 g/mol. The number of rotatable bonds is 1. The van der Waals surface area contributed by atoms with Gasteiger partial charge in [-0.2, -0.15) is 0 Å². The van der Waals surface area contributed by atoms with Gasteiger partial charge in [-0.05, 0) is 37.6 Å². The molecule has 1 aliphatic heterocycles. The summed E-state index contributed by atoms with van der Waals surface area (Å²) in [4.78, 5) is 0. The van der Waals surface area contributed by atoms with Crippen molar-refractivity contribution in [2.24, 2.45) is 0 Å². The third-order valence-electron chi connectivity index (χ3n) is 3.36. The smallest absolute Gasteiger partial charge is 0.0517 e. The van der Waals surface area contributed by atoms with Crippen LogP contribution in [-0.4, -0.2) is 21.3 Å². The summed E-state index contributed by atoms with van der Waals surface area (Å²) in [5.74, 6) is 0. The summed E-state index contributed by atoms with van der Waals surface area (Å²) in [6.45, 7) is 5.03. The molecule has 4 atom stereocenters. The Balaban J connectivity index is 2.28. The molecule has 0 aromatic heterocycles. The number of hydrogen-bond donors (Lipinski definition) is 1. The Bertz CT molecular complexity index is 424. The molecule has 0 amide bonds. The molecular weight excluding hydrogens is 254 g/mol. The number of hydrogen-bond acceptors (Lipinski definition) is 2. The van der Waals surface area contributed by atoms with Gasteiger partial charge in [0.1, 0.15) is 0 Å². The summed E-state index contributed by atoms with van der Waals surface area (Å²) >= 11 is 6.01. The topological polar surface area (TPSA) is 29.1 Å². The van der Waals surface area contributed by atoms with Gasteiger partial charge in [0.25, 0.3) is 0 Å². The molecule has 1 fully saturated rings. The quantitative estimate of drug-likeness (QED) is 0.851. The minimum Gasteiger partial charge on any atom is -0.309 e. The first kappa shape index (κ1) is 13.1. The Kier molecular flexibility index (Phi) is 4.23. The highest BCUT2D eigenvalue weighted by atomic mass is 35.5. The second-order valence-corrected chi connectivity index (χ2v) is 7.26. The van der Waals surface area contributed by atoms with E-state index >= 15 is 0 Å². The van der Waals surface area contributed by atoms with Crippen molar-refractivity contribution in [3.05, 3.63) is 34.9 Å². The minimum absolute atomic E-state index is 0.117. The molecule has 2 nitrogen and oxygen atoms in total. The predicted molar refractivity (Wildman–Crippen MR) is 73.9 cm³/mol. The summed E-state index contributed by atoms with van der Waals surface area (Å²) in [7, 11) is -0.790. The Hall–Kier alpha value is -0.380. The molecule has 4 unspecified atom stereocenters. The molecule has 1 heterocycles. The summed E-state index contributed by atoms with van der Waals surface area (Å²) in [5.41, 5.74) is 1.13. The third kappa shape index (κ3) is 2.90. The van der Waals surface area contributed by atoms with Gasteiger partial charge < -0.3 is 5.32 Å². The largest absolute Gasteiger partial charge is 0.309 e. The van der Waals surface area contributed by atoms with Crippen LogP contribution in [0.3, 0.4) is 0 Å². The molecule has 0 radical (unpaired) electrons. The van der Waals surface area contributed by atoms with Crippen LogP contribution in [0.4, 0.5) is 0 Å². The van der Waals surface area contributed by atoms with E-state index in [0.29, 0.717) is 0 Å². The van der Waals surface area contributed by atoms with E-state index in [1.165, 1.54) is 0 Å². The van der Waals surface area contributed by atoms with E-state index in [-0.39, 0.29) is 16.5 Å². The standard InChI is InChI=1S/C13H18ClNOS/c1-9-6-7-15-13(10(2)17(9)16)11-4-3-5-12(14)8-11/h3-5,8-10,13,15H,6-7H2,1-2H3. The van der Waals surface area contributed by atoms with Gasteiger partial charge in [-0.1, -0.05) is 30.7 Å². The van der Waals surface area contributed by atoms with Crippen LogP contribution in [0.25, 0.3) is 0 Å². The molecule has 94 valence electrons. The zero-order valence-corrected chi connectivity index (χ0v) is 11.7. The maximum absolute atomic E-state index is 12.3. The Morgan fingerprint density at radius 2 is 2.18 bits per heavy atom. The molecule has 0 bridgehead atoms. The highest BCUT2D eigenvalue weighted by molar-refractivity contribution is 7.86. The average Bonchev–Trinajstić information content (AvgIpc) is 2.43. The van der Waals surface area contributed by atoms with Gasteiger partial charge in [0.15, 0.2) is 0 Å². The minimum atomic E-state index is -0.790. The van der Waals surface area contributed by atoms with E-state index in [0.717, 1.165) is 23.6 Å². The maximum atomic E-state index is 12.3. The van der Waals surface area contributed by atoms with Crippen molar-refractivity contribution in [3.63, 3.8) is 0 Å². The van der Waals surface area contributed by atoms with E-state index in [1.807, 2.05) is 24.3 Å². The van der Waals surface area contributed by atoms with Crippen LogP contribution >= 0.6 is 11.6 Å². The molecule has 0 spiro atoms. The predicted octanol–water partition coefficient (Wildman–Crippen LogP) is 2.90. The van der Waals surface area contributed by atoms with Gasteiger partial charge >= 0.3 is 0 Å². The Labute approximate surface area is 110 Å². The van der Waals surface area contributed by atoms with Crippen molar-refractivity contribution in [3.8, 4) is 0 Å². The number of benzene rings is 1. The van der Waals surface area contributed by atoms with Gasteiger partial charge in [-0.15, -0.1) is 0 Å². The van der Waals surface area contributed by atoms with E-state index in [9.17, 15) is 4.21 Å². The van der Waals surface area contributed by atoms with Gasteiger partial charge in [0, 0.05) is 27.1 Å². The first-order valence-electron chi connectivity index (χ1n) is 5.98. The van der Waals surface area contributed by atoms with Crippen LogP contribution in [0.2, 0.25) is 5.02 Å². The molecular formula is C13H18ClNOS. The van der Waals surface area contributed by atoms with Crippen molar-refractivity contribution in [2.45, 2.75) is 36.8 Å². The molecule has 1 N–H and O–H groups in total. The molecule has 1 saturated heterocycles. The van der Waals surface area contributed by atoms with Gasteiger partial charge in [0.05, 0.1) is 5.25 Å². The van der Waals surface area contributed by atoms with Crippen LogP contribution in [0.1, 0.15) is 31.9 Å². The van der Waals surface area contributed by atoms with Crippen LogP contribution in [0.5, 0.6) is 0 Å². The van der Waals surface area contributed by atoms with Gasteiger partial charge in [0.2, 0.25) is 0 Å². The molecule has 1 aromatic carbocycles. The van der Waals surface area contributed by atoms with Crippen molar-refractivity contribution in [1.29, 1.82) is 0 Å². The summed E-state index contributed by atoms with van der Waals surface area (Å²) in [5, 5.41) is 4.60. The second kappa shape index (κ2) is 5.51. The van der Waals surface area contributed by atoms with E-state index in [4.69, 9.17) is 11.6 Å². The van der Waals surface area contributed by atoms with E-state index in [2.05, 4.69) is 19.2 Å². The molecule has 4 heteroatoms. The summed E-state index contributed by atoms with van der Waals surface area (Å²) in [6, 6.07) is 7.96. The Morgan fingerprint density at radius 3 is 2.88 bits per heavy atom. The van der Waals surface area contributed by atoms with Crippen LogP contribution in [0, 0.1) is 0 Å². The molecule has 0 aliphatic carbocycles. The molecule has 17 heavy (non-hydrogen) atoms. The number of nitrogens with one attached hydrogen (secondary N) is 1. The lowest BCUT2D eigenvalue weighted by molar-refractivity contribution is 0.532. The van der Waals surface area contributed by atoms with Crippen molar-refractivity contribution in [2.75, 3.05) is 6.54 Å². The van der Waals surface area contributed by atoms with Gasteiger partial charge in [-0.25, -0.2) is 0 Å². The van der Waals surface area contributed by atoms with Crippen LogP contribution in [0.15, 0.2) is 24.3 Å². The first-order valence-corrected chi connectivity index (χ1v) is 7.63. The molecule has 1 aliphatic rings. The number of halogens is 1. The van der Waals surface area contributed by atoms with Crippen LogP contribution in [-0.2, 0) is 10.8 Å². The summed E-state index contributed by atoms with van der Waals surface area (Å²) in [6.07, 6.45) is 0.966. The second-order valence-electron chi connectivity index (χ2n) is 4.62. The fraction of sp³-hybridized carbons (Fsp3) is 0.538. The molecule has 1 aromatic rings. The normalized spacial score (nSPS) is 34.3. The van der Waals surface area contributed by atoms with Crippen LogP contribution < -0.4 is 5.32 Å². The lowest BCUT2D eigenvalue weighted by Crippen LogP contribution is -2.31. The van der Waals surface area contributed by atoms with Crippen molar-refractivity contribution >= 4 is 22.4 Å². The lowest BCUT2D eigenvalue weighted by atomic mass is 10.0. The highest BCUT2D eigenvalue weighted by Crippen LogP contribution is 2.27. The monoisotopic (exact) mass is 271 g/mol. The third-order valence-corrected chi connectivity index (χ3v) is 5.62. The van der Waals surface area contributed by atoms with Crippen molar-refractivity contribution in [1.82, 2.24) is 5.32 Å². The Morgan fingerprint density at radius 1 is 1.41 bits per heavy atom. The lowest BCUT2D eigenvalue weighted by Gasteiger charge is -2.23. The van der Waals surface area contributed by atoms with E-state index < -0.39 is 10.8 Å². The fourth-order valence-corrected chi connectivity index (χ4v) is 4.12. The maximum Gasteiger partial charge on any atom is 0.0517 e. The van der Waals surface area contributed by atoms with E-state index in [1.54, 1.807) is 0 Å². The van der Waals surface area contributed by atoms with Crippen molar-refractivity contribution < 1.29 is 4.21 Å². The SMILES string of the molecule is CC1CCNC(c2cccc(Cl)c2)C(C)S1=O. The molecule has 2 rings (SSSR count). The summed E-state index contributed by atoms with van der Waals surface area (Å²) < 4.78 is 12.3. The molecule has 0 saturated carbocycles. The zero-order valence-electron chi connectivity index (χ0n) is 10.2. The first-order chi connectivity index (χ1) is 8.09. The van der Waals surface area contributed by atoms with Gasteiger partial charge in [-0.3, -0.25) is 4.21 Å². The fourth-order valence-electron chi connectivity index (χ4n) is 2.31.